The van der Waals surface area contributed by atoms with Gasteiger partial charge in [0.2, 0.25) is 11.8 Å². The van der Waals surface area contributed by atoms with E-state index in [1.807, 2.05) is 6.08 Å². The third-order valence-corrected chi connectivity index (χ3v) is 9.69. The van der Waals surface area contributed by atoms with Crippen LogP contribution in [0.15, 0.2) is 24.4 Å². The Labute approximate surface area is 209 Å². The van der Waals surface area contributed by atoms with Crippen LogP contribution in [0.25, 0.3) is 0 Å². The molecule has 0 radical (unpaired) electrons. The van der Waals surface area contributed by atoms with Crippen molar-refractivity contribution < 1.29 is 19.1 Å². The Bertz CT molecular complexity index is 873. The van der Waals surface area contributed by atoms with E-state index in [2.05, 4.69) is 11.9 Å². The van der Waals surface area contributed by atoms with Crippen molar-refractivity contribution in [1.29, 1.82) is 0 Å². The van der Waals surface area contributed by atoms with Gasteiger partial charge in [-0.3, -0.25) is 14.4 Å². The highest BCUT2D eigenvalue weighted by molar-refractivity contribution is 5.99. The third-order valence-electron chi connectivity index (χ3n) is 9.69. The molecule has 35 heavy (non-hydrogen) atoms. The number of ether oxygens (including phenoxy) is 1. The van der Waals surface area contributed by atoms with Gasteiger partial charge in [0.25, 0.3) is 0 Å². The largest absolute Gasteiger partial charge is 0.465 e. The SMILES string of the molecule is C=CCN1C(=O)[C@@H](CC(=O)NCC23CC4CC(CC(C4)C2)C3)[C@]2(C(=O)OCC)CCCCC/C=C/12. The lowest BCUT2D eigenvalue weighted by Gasteiger charge is -2.56. The molecular weight excluding hydrogens is 440 g/mol. The van der Waals surface area contributed by atoms with Gasteiger partial charge in [0.15, 0.2) is 0 Å². The topological polar surface area (TPSA) is 75.7 Å². The van der Waals surface area contributed by atoms with Crippen LogP contribution in [0, 0.1) is 34.5 Å². The van der Waals surface area contributed by atoms with Crippen molar-refractivity contribution in [2.24, 2.45) is 34.5 Å². The normalized spacial score (nSPS) is 39.3. The summed E-state index contributed by atoms with van der Waals surface area (Å²) in [4.78, 5) is 42.3. The Morgan fingerprint density at radius 3 is 2.46 bits per heavy atom. The third kappa shape index (κ3) is 4.35. The maximum Gasteiger partial charge on any atom is 0.318 e. The van der Waals surface area contributed by atoms with E-state index < -0.39 is 11.3 Å². The predicted molar refractivity (Wildman–Crippen MR) is 134 cm³/mol. The van der Waals surface area contributed by atoms with E-state index in [1.54, 1.807) is 17.9 Å². The molecule has 6 rings (SSSR count). The van der Waals surface area contributed by atoms with Gasteiger partial charge in [-0.05, 0) is 87.9 Å². The molecule has 2 atom stereocenters. The Kier molecular flexibility index (Phi) is 6.84. The second-order valence-electron chi connectivity index (χ2n) is 12.1. The van der Waals surface area contributed by atoms with Crippen LogP contribution in [0.3, 0.4) is 0 Å². The van der Waals surface area contributed by atoms with Gasteiger partial charge in [0.1, 0.15) is 5.41 Å². The van der Waals surface area contributed by atoms with Crippen molar-refractivity contribution in [1.82, 2.24) is 10.2 Å². The van der Waals surface area contributed by atoms with Crippen LogP contribution < -0.4 is 5.32 Å². The van der Waals surface area contributed by atoms with Crippen molar-refractivity contribution in [3.8, 4) is 0 Å². The average molecular weight is 483 g/mol. The maximum atomic E-state index is 13.7. The van der Waals surface area contributed by atoms with E-state index in [9.17, 15) is 14.4 Å². The number of hydrogen-bond donors (Lipinski definition) is 1. The van der Waals surface area contributed by atoms with Crippen LogP contribution in [0.2, 0.25) is 0 Å². The average Bonchev–Trinajstić information content (AvgIpc) is 2.99. The molecule has 1 saturated heterocycles. The summed E-state index contributed by atoms with van der Waals surface area (Å²) < 4.78 is 5.58. The molecule has 0 aromatic rings. The summed E-state index contributed by atoms with van der Waals surface area (Å²) in [5, 5.41) is 3.24. The smallest absolute Gasteiger partial charge is 0.318 e. The summed E-state index contributed by atoms with van der Waals surface area (Å²) in [5.41, 5.74) is -0.100. The fraction of sp³-hybridized carbons (Fsp3) is 0.759. The van der Waals surface area contributed by atoms with Crippen LogP contribution in [0.4, 0.5) is 0 Å². The van der Waals surface area contributed by atoms with Gasteiger partial charge in [0, 0.05) is 25.2 Å². The Morgan fingerprint density at radius 1 is 1.14 bits per heavy atom. The monoisotopic (exact) mass is 482 g/mol. The quantitative estimate of drug-likeness (QED) is 0.400. The molecule has 0 unspecified atom stereocenters. The number of esters is 1. The fourth-order valence-corrected chi connectivity index (χ4v) is 8.73. The molecule has 1 N–H and O–H groups in total. The highest BCUT2D eigenvalue weighted by atomic mass is 16.5. The van der Waals surface area contributed by atoms with Crippen LogP contribution in [-0.4, -0.2) is 42.4 Å². The molecule has 5 aliphatic carbocycles. The minimum Gasteiger partial charge on any atom is -0.465 e. The van der Waals surface area contributed by atoms with Crippen LogP contribution in [-0.2, 0) is 19.1 Å². The molecule has 4 bridgehead atoms. The number of nitrogens with zero attached hydrogens (tertiary/aromatic N) is 1. The van der Waals surface area contributed by atoms with E-state index in [-0.39, 0.29) is 36.2 Å². The molecule has 6 aliphatic rings. The Morgan fingerprint density at radius 2 is 1.83 bits per heavy atom. The minimum absolute atomic E-state index is 0.0367. The lowest BCUT2D eigenvalue weighted by Crippen LogP contribution is -2.51. The van der Waals surface area contributed by atoms with E-state index in [0.717, 1.165) is 49.1 Å². The Balaban J connectivity index is 1.36. The molecule has 0 aromatic heterocycles. The molecule has 1 aliphatic heterocycles. The zero-order valence-corrected chi connectivity index (χ0v) is 21.4. The van der Waals surface area contributed by atoms with Gasteiger partial charge in [-0.15, -0.1) is 6.58 Å². The minimum atomic E-state index is -1.07. The fourth-order valence-electron chi connectivity index (χ4n) is 8.73. The summed E-state index contributed by atoms with van der Waals surface area (Å²) >= 11 is 0. The highest BCUT2D eigenvalue weighted by Gasteiger charge is 2.61. The van der Waals surface area contributed by atoms with Crippen molar-refractivity contribution >= 4 is 17.8 Å². The van der Waals surface area contributed by atoms with Crippen LogP contribution in [0.1, 0.15) is 84.0 Å². The molecule has 0 aromatic carbocycles. The number of allylic oxidation sites excluding steroid dienone is 1. The zero-order valence-electron chi connectivity index (χ0n) is 21.4. The molecule has 6 nitrogen and oxygen atoms in total. The van der Waals surface area contributed by atoms with Crippen molar-refractivity contribution in [2.75, 3.05) is 19.7 Å². The Hall–Kier alpha value is -2.11. The standard InChI is InChI=1S/C29H42N2O4/c1-3-11-31-24-9-7-5-6-8-10-29(24,27(34)35-4-2)23(26(31)33)15-25(32)30-19-28-16-20-12-21(17-28)14-22(13-20)18-28/h3,9,20-23H,1,4-8,10-19H2,2H3,(H,30,32)/b24-9+/t20?,21?,22?,23-,28?,29-/m1/s1. The lowest BCUT2D eigenvalue weighted by atomic mass is 9.49. The van der Waals surface area contributed by atoms with Gasteiger partial charge in [-0.25, -0.2) is 0 Å². The van der Waals surface area contributed by atoms with Crippen molar-refractivity contribution in [3.05, 3.63) is 24.4 Å². The number of carbonyl (C=O) groups excluding carboxylic acids is 3. The molecule has 192 valence electrons. The first-order valence-electron chi connectivity index (χ1n) is 14.0. The number of carbonyl (C=O) groups is 3. The molecule has 2 amide bonds. The molecule has 1 heterocycles. The summed E-state index contributed by atoms with van der Waals surface area (Å²) in [6, 6.07) is 0. The van der Waals surface area contributed by atoms with Gasteiger partial charge < -0.3 is 15.0 Å². The van der Waals surface area contributed by atoms with E-state index in [1.165, 1.54) is 38.5 Å². The zero-order chi connectivity index (χ0) is 24.6. The number of likely N-dealkylation sites (tertiary alicyclic amines) is 1. The first-order valence-corrected chi connectivity index (χ1v) is 14.0. The van der Waals surface area contributed by atoms with Crippen molar-refractivity contribution in [3.63, 3.8) is 0 Å². The van der Waals surface area contributed by atoms with E-state index >= 15 is 0 Å². The summed E-state index contributed by atoms with van der Waals surface area (Å²) in [6.45, 7) is 6.94. The second kappa shape index (κ2) is 9.74. The second-order valence-corrected chi connectivity index (χ2v) is 12.1. The van der Waals surface area contributed by atoms with Crippen LogP contribution >= 0.6 is 0 Å². The number of nitrogens with one attached hydrogen (secondary N) is 1. The summed E-state index contributed by atoms with van der Waals surface area (Å²) in [7, 11) is 0. The van der Waals surface area contributed by atoms with Gasteiger partial charge in [-0.2, -0.15) is 0 Å². The first kappa shape index (κ1) is 24.6. The van der Waals surface area contributed by atoms with Crippen LogP contribution in [0.5, 0.6) is 0 Å². The van der Waals surface area contributed by atoms with Gasteiger partial charge >= 0.3 is 5.97 Å². The van der Waals surface area contributed by atoms with Gasteiger partial charge in [0.05, 0.1) is 12.5 Å². The molecule has 6 heteroatoms. The molecule has 5 fully saturated rings. The van der Waals surface area contributed by atoms with E-state index in [0.29, 0.717) is 19.5 Å². The summed E-state index contributed by atoms with van der Waals surface area (Å²) in [5.74, 6) is 1.17. The first-order chi connectivity index (χ1) is 16.9. The highest BCUT2D eigenvalue weighted by Crippen LogP contribution is 2.60. The number of fused-ring (bicyclic) bond motifs is 1. The molecule has 0 spiro atoms. The van der Waals surface area contributed by atoms with E-state index in [4.69, 9.17) is 4.74 Å². The van der Waals surface area contributed by atoms with Crippen molar-refractivity contribution in [2.45, 2.75) is 84.0 Å². The molecule has 4 saturated carbocycles. The maximum absolute atomic E-state index is 13.7. The predicted octanol–water partition coefficient (Wildman–Crippen LogP) is 4.75. The summed E-state index contributed by atoms with van der Waals surface area (Å²) in [6.07, 6.45) is 15.9. The lowest BCUT2D eigenvalue weighted by molar-refractivity contribution is -0.158. The number of rotatable bonds is 8. The van der Waals surface area contributed by atoms with Gasteiger partial charge in [-0.1, -0.05) is 25.0 Å². The number of amides is 2. The number of hydrogen-bond acceptors (Lipinski definition) is 4. The molecular formula is C29H42N2O4.